The van der Waals surface area contributed by atoms with E-state index in [1.165, 1.54) is 44.9 Å². The van der Waals surface area contributed by atoms with Crippen molar-refractivity contribution in [2.45, 2.75) is 70.8 Å². The summed E-state index contributed by atoms with van der Waals surface area (Å²) < 4.78 is 0. The Morgan fingerprint density at radius 2 is 1.89 bits per heavy atom. The number of rotatable bonds is 7. The second-order valence-corrected chi connectivity index (χ2v) is 6.50. The van der Waals surface area contributed by atoms with Gasteiger partial charge in [0, 0.05) is 19.0 Å². The van der Waals surface area contributed by atoms with Gasteiger partial charge in [0.15, 0.2) is 0 Å². The van der Waals surface area contributed by atoms with Gasteiger partial charge in [-0.15, -0.1) is 0 Å². The fourth-order valence-electron chi connectivity index (χ4n) is 3.25. The number of nitrogens with zero attached hydrogens (tertiary/aromatic N) is 1. The maximum atomic E-state index is 12.5. The molecule has 2 aliphatic carbocycles. The highest BCUT2D eigenvalue weighted by Gasteiger charge is 2.34. The van der Waals surface area contributed by atoms with Crippen LogP contribution in [0.4, 0.5) is 0 Å². The van der Waals surface area contributed by atoms with E-state index in [4.69, 9.17) is 5.73 Å². The van der Waals surface area contributed by atoms with Crippen molar-refractivity contribution >= 4 is 5.91 Å². The van der Waals surface area contributed by atoms with Crippen molar-refractivity contribution in [2.75, 3.05) is 13.1 Å². The van der Waals surface area contributed by atoms with Crippen LogP contribution >= 0.6 is 0 Å². The largest absolute Gasteiger partial charge is 0.339 e. The van der Waals surface area contributed by atoms with E-state index in [0.717, 1.165) is 18.9 Å². The van der Waals surface area contributed by atoms with Gasteiger partial charge in [-0.05, 0) is 44.1 Å². The molecule has 0 saturated heterocycles. The SMILES string of the molecule is CCC(CN)CC(=O)N(CC1CCCCC1)C1CC1. The molecular formula is C16H30N2O. The van der Waals surface area contributed by atoms with Crippen LogP contribution in [0.1, 0.15) is 64.7 Å². The molecule has 1 atom stereocenters. The third-order valence-electron chi connectivity index (χ3n) is 4.86. The molecule has 2 rings (SSSR count). The van der Waals surface area contributed by atoms with Crippen LogP contribution in [-0.2, 0) is 4.79 Å². The van der Waals surface area contributed by atoms with Crippen molar-refractivity contribution in [3.63, 3.8) is 0 Å². The van der Waals surface area contributed by atoms with Gasteiger partial charge in [0.1, 0.15) is 0 Å². The zero-order chi connectivity index (χ0) is 13.7. The quantitative estimate of drug-likeness (QED) is 0.770. The molecule has 19 heavy (non-hydrogen) atoms. The summed E-state index contributed by atoms with van der Waals surface area (Å²) in [4.78, 5) is 14.7. The summed E-state index contributed by atoms with van der Waals surface area (Å²) in [6.45, 7) is 3.79. The standard InChI is InChI=1S/C16H30N2O/c1-2-13(11-17)10-16(19)18(15-8-9-15)12-14-6-4-3-5-7-14/h13-15H,2-12,17H2,1H3. The maximum absolute atomic E-state index is 12.5. The minimum absolute atomic E-state index is 0.366. The van der Waals surface area contributed by atoms with Gasteiger partial charge in [0.05, 0.1) is 0 Å². The highest BCUT2D eigenvalue weighted by Crippen LogP contribution is 2.32. The summed E-state index contributed by atoms with van der Waals surface area (Å²) in [6, 6.07) is 0.560. The van der Waals surface area contributed by atoms with E-state index in [1.807, 2.05) is 0 Å². The van der Waals surface area contributed by atoms with Gasteiger partial charge >= 0.3 is 0 Å². The molecule has 0 bridgehead atoms. The number of carbonyl (C=O) groups is 1. The second kappa shape index (κ2) is 7.28. The van der Waals surface area contributed by atoms with E-state index >= 15 is 0 Å². The van der Waals surface area contributed by atoms with Gasteiger partial charge in [-0.25, -0.2) is 0 Å². The molecule has 0 heterocycles. The Balaban J connectivity index is 1.85. The van der Waals surface area contributed by atoms with Gasteiger partial charge < -0.3 is 10.6 Å². The Bertz CT molecular complexity index is 278. The van der Waals surface area contributed by atoms with Crippen LogP contribution in [0.5, 0.6) is 0 Å². The van der Waals surface area contributed by atoms with Gasteiger partial charge in [0.25, 0.3) is 0 Å². The number of carbonyl (C=O) groups excluding carboxylic acids is 1. The highest BCUT2D eigenvalue weighted by molar-refractivity contribution is 5.77. The Kier molecular flexibility index (Phi) is 5.68. The number of hydrogen-bond donors (Lipinski definition) is 1. The van der Waals surface area contributed by atoms with Gasteiger partial charge in [-0.1, -0.05) is 32.6 Å². The first kappa shape index (κ1) is 14.8. The lowest BCUT2D eigenvalue weighted by Gasteiger charge is -2.31. The lowest BCUT2D eigenvalue weighted by molar-refractivity contribution is -0.133. The number of nitrogens with two attached hydrogens (primary N) is 1. The van der Waals surface area contributed by atoms with Crippen molar-refractivity contribution in [1.82, 2.24) is 4.90 Å². The molecule has 2 aliphatic rings. The number of amides is 1. The smallest absolute Gasteiger partial charge is 0.223 e. The molecule has 0 aromatic heterocycles. The molecule has 2 N–H and O–H groups in total. The molecule has 3 heteroatoms. The van der Waals surface area contributed by atoms with Crippen molar-refractivity contribution < 1.29 is 4.79 Å². The first-order valence-electron chi connectivity index (χ1n) is 8.24. The van der Waals surface area contributed by atoms with E-state index in [0.29, 0.717) is 30.8 Å². The summed E-state index contributed by atoms with van der Waals surface area (Å²) in [6.07, 6.45) is 10.9. The molecule has 0 aromatic rings. The maximum Gasteiger partial charge on any atom is 0.223 e. The first-order chi connectivity index (χ1) is 9.24. The molecule has 0 aromatic carbocycles. The zero-order valence-electron chi connectivity index (χ0n) is 12.4. The van der Waals surface area contributed by atoms with E-state index in [-0.39, 0.29) is 0 Å². The lowest BCUT2D eigenvalue weighted by Crippen LogP contribution is -2.39. The first-order valence-corrected chi connectivity index (χ1v) is 8.24. The third kappa shape index (κ3) is 4.48. The Hall–Kier alpha value is -0.570. The Morgan fingerprint density at radius 3 is 2.42 bits per heavy atom. The predicted octanol–water partition coefficient (Wildman–Crippen LogP) is 2.93. The van der Waals surface area contributed by atoms with Crippen molar-refractivity contribution in [3.8, 4) is 0 Å². The minimum Gasteiger partial charge on any atom is -0.339 e. The average Bonchev–Trinajstić information content (AvgIpc) is 3.27. The molecule has 1 amide bonds. The zero-order valence-corrected chi connectivity index (χ0v) is 12.4. The molecular weight excluding hydrogens is 236 g/mol. The molecule has 110 valence electrons. The van der Waals surface area contributed by atoms with Gasteiger partial charge in [-0.3, -0.25) is 4.79 Å². The predicted molar refractivity (Wildman–Crippen MR) is 78.8 cm³/mol. The molecule has 3 nitrogen and oxygen atoms in total. The summed E-state index contributed by atoms with van der Waals surface area (Å²) in [7, 11) is 0. The molecule has 2 saturated carbocycles. The lowest BCUT2D eigenvalue weighted by atomic mass is 9.88. The van der Waals surface area contributed by atoms with Crippen LogP contribution in [-0.4, -0.2) is 29.9 Å². The van der Waals surface area contributed by atoms with Crippen molar-refractivity contribution in [1.29, 1.82) is 0 Å². The summed E-state index contributed by atoms with van der Waals surface area (Å²) in [5, 5.41) is 0. The second-order valence-electron chi connectivity index (χ2n) is 6.50. The van der Waals surface area contributed by atoms with E-state index in [9.17, 15) is 4.79 Å². The van der Waals surface area contributed by atoms with Gasteiger partial charge in [0.2, 0.25) is 5.91 Å². The van der Waals surface area contributed by atoms with Crippen LogP contribution in [0.15, 0.2) is 0 Å². The topological polar surface area (TPSA) is 46.3 Å². The third-order valence-corrected chi connectivity index (χ3v) is 4.86. The number of hydrogen-bond acceptors (Lipinski definition) is 2. The van der Waals surface area contributed by atoms with Crippen LogP contribution in [0.2, 0.25) is 0 Å². The molecule has 0 radical (unpaired) electrons. The Morgan fingerprint density at radius 1 is 1.21 bits per heavy atom. The van der Waals surface area contributed by atoms with E-state index in [2.05, 4.69) is 11.8 Å². The summed E-state index contributed by atoms with van der Waals surface area (Å²) in [5.74, 6) is 1.50. The highest BCUT2D eigenvalue weighted by atomic mass is 16.2. The van der Waals surface area contributed by atoms with E-state index in [1.54, 1.807) is 0 Å². The monoisotopic (exact) mass is 266 g/mol. The summed E-state index contributed by atoms with van der Waals surface area (Å²) >= 11 is 0. The normalized spacial score (nSPS) is 22.2. The fourth-order valence-corrected chi connectivity index (χ4v) is 3.25. The van der Waals surface area contributed by atoms with Gasteiger partial charge in [-0.2, -0.15) is 0 Å². The van der Waals surface area contributed by atoms with E-state index < -0.39 is 0 Å². The molecule has 2 fully saturated rings. The minimum atomic E-state index is 0.366. The van der Waals surface area contributed by atoms with Crippen LogP contribution < -0.4 is 5.73 Å². The summed E-state index contributed by atoms with van der Waals surface area (Å²) in [5.41, 5.74) is 5.74. The average molecular weight is 266 g/mol. The fraction of sp³-hybridized carbons (Fsp3) is 0.938. The molecule has 0 aliphatic heterocycles. The molecule has 1 unspecified atom stereocenters. The van der Waals surface area contributed by atoms with Crippen molar-refractivity contribution in [2.24, 2.45) is 17.6 Å². The van der Waals surface area contributed by atoms with Crippen LogP contribution in [0, 0.1) is 11.8 Å². The van der Waals surface area contributed by atoms with Crippen molar-refractivity contribution in [3.05, 3.63) is 0 Å². The molecule has 0 spiro atoms. The van der Waals surface area contributed by atoms with Crippen LogP contribution in [0.25, 0.3) is 0 Å². The Labute approximate surface area is 117 Å². The van der Waals surface area contributed by atoms with Crippen LogP contribution in [0.3, 0.4) is 0 Å².